The first-order chi connectivity index (χ1) is 18.5. The van der Waals surface area contributed by atoms with E-state index in [-0.39, 0.29) is 28.3 Å². The maximum Gasteiger partial charge on any atom is 0.328 e. The fourth-order valence-corrected chi connectivity index (χ4v) is 6.85. The van der Waals surface area contributed by atoms with Crippen molar-refractivity contribution >= 4 is 17.2 Å². The summed E-state index contributed by atoms with van der Waals surface area (Å²) in [6.07, 6.45) is 1.52. The molecule has 0 amide bonds. The van der Waals surface area contributed by atoms with E-state index < -0.39 is 22.8 Å². The van der Waals surface area contributed by atoms with Crippen molar-refractivity contribution in [1.82, 2.24) is 0 Å². The van der Waals surface area contributed by atoms with Gasteiger partial charge in [0.05, 0.1) is 6.61 Å². The van der Waals surface area contributed by atoms with Crippen LogP contribution in [-0.2, 0) is 42.7 Å². The van der Waals surface area contributed by atoms with Crippen molar-refractivity contribution in [3.63, 3.8) is 0 Å². The predicted octanol–water partition coefficient (Wildman–Crippen LogP) is 8.26. The minimum Gasteiger partial charge on any atom is -0.328 e. The standard InChI is InChI=1S/C33H52O6P2/c1-29(2,3)23-17-21-16-22-18-24(30(4,5)6)20-26(32(10,11)12)28(22)33(39-41(36)37,14-13-15-38-40(34)35)27(21)25(19-23)31(7,8)9/h17-20,34-37H,13-16H2,1-12H3. The summed E-state index contributed by atoms with van der Waals surface area (Å²) in [5.74, 6) is 0. The number of fused-ring (bicyclic) bond motifs is 2. The molecular formula is C33H52O6P2. The Bertz CT molecular complexity index is 1160. The lowest BCUT2D eigenvalue weighted by molar-refractivity contribution is 0.0672. The van der Waals surface area contributed by atoms with Gasteiger partial charge < -0.3 is 24.1 Å². The van der Waals surface area contributed by atoms with Crippen LogP contribution in [0.2, 0.25) is 0 Å². The molecule has 0 atom stereocenters. The highest BCUT2D eigenvalue weighted by Gasteiger charge is 2.49. The third-order valence-corrected chi connectivity index (χ3v) is 8.98. The van der Waals surface area contributed by atoms with Gasteiger partial charge in [-0.1, -0.05) is 107 Å². The first-order valence-electron chi connectivity index (χ1n) is 14.5. The van der Waals surface area contributed by atoms with Crippen molar-refractivity contribution in [1.29, 1.82) is 0 Å². The van der Waals surface area contributed by atoms with Crippen molar-refractivity contribution in [2.45, 2.75) is 130 Å². The molecule has 230 valence electrons. The fourth-order valence-electron chi connectivity index (χ4n) is 6.01. The Morgan fingerprint density at radius 3 is 1.37 bits per heavy atom. The summed E-state index contributed by atoms with van der Waals surface area (Å²) in [7, 11) is -5.23. The Kier molecular flexibility index (Phi) is 10.00. The first-order valence-corrected chi connectivity index (χ1v) is 16.9. The Balaban J connectivity index is 2.55. The third kappa shape index (κ3) is 7.59. The molecule has 0 unspecified atom stereocenters. The van der Waals surface area contributed by atoms with Crippen LogP contribution in [0.15, 0.2) is 24.3 Å². The van der Waals surface area contributed by atoms with E-state index in [1.54, 1.807) is 0 Å². The van der Waals surface area contributed by atoms with Crippen molar-refractivity contribution < 1.29 is 28.6 Å². The summed E-state index contributed by atoms with van der Waals surface area (Å²) in [4.78, 5) is 40.1. The van der Waals surface area contributed by atoms with E-state index in [2.05, 4.69) is 107 Å². The summed E-state index contributed by atoms with van der Waals surface area (Å²) >= 11 is 0. The molecule has 0 spiro atoms. The molecule has 0 fully saturated rings. The topological polar surface area (TPSA) is 99.4 Å². The average Bonchev–Trinajstić information content (AvgIpc) is 2.77. The highest BCUT2D eigenvalue weighted by Crippen LogP contribution is 2.57. The van der Waals surface area contributed by atoms with Gasteiger partial charge in [-0.05, 0) is 85.4 Å². The zero-order valence-electron chi connectivity index (χ0n) is 27.1. The minimum absolute atomic E-state index is 0.0868. The second-order valence-electron chi connectivity index (χ2n) is 15.7. The van der Waals surface area contributed by atoms with E-state index in [0.29, 0.717) is 19.3 Å². The van der Waals surface area contributed by atoms with Crippen LogP contribution in [0.3, 0.4) is 0 Å². The highest BCUT2D eigenvalue weighted by molar-refractivity contribution is 7.39. The van der Waals surface area contributed by atoms with E-state index in [1.165, 1.54) is 11.1 Å². The number of benzene rings is 2. The lowest BCUT2D eigenvalue weighted by Crippen LogP contribution is -2.41. The quantitative estimate of drug-likeness (QED) is 0.187. The molecule has 0 bridgehead atoms. The summed E-state index contributed by atoms with van der Waals surface area (Å²) in [5, 5.41) is 0. The molecule has 1 aliphatic rings. The van der Waals surface area contributed by atoms with E-state index >= 15 is 0 Å². The molecule has 3 rings (SSSR count). The first kappa shape index (κ1) is 34.5. The predicted molar refractivity (Wildman–Crippen MR) is 170 cm³/mol. The minimum atomic E-state index is -2.75. The van der Waals surface area contributed by atoms with Crippen molar-refractivity contribution in [2.75, 3.05) is 6.61 Å². The van der Waals surface area contributed by atoms with Crippen LogP contribution in [0, 0.1) is 0 Å². The molecule has 0 aromatic heterocycles. The highest BCUT2D eigenvalue weighted by atomic mass is 31.2. The van der Waals surface area contributed by atoms with Gasteiger partial charge in [0.1, 0.15) is 5.60 Å². The Hall–Kier alpha value is -0.940. The zero-order valence-corrected chi connectivity index (χ0v) is 28.9. The molecule has 41 heavy (non-hydrogen) atoms. The van der Waals surface area contributed by atoms with Crippen LogP contribution in [0.25, 0.3) is 0 Å². The molecule has 0 radical (unpaired) electrons. The second-order valence-corrected chi connectivity index (χ2v) is 17.1. The van der Waals surface area contributed by atoms with Crippen molar-refractivity contribution in [3.8, 4) is 0 Å². The van der Waals surface area contributed by atoms with E-state index in [9.17, 15) is 19.6 Å². The van der Waals surface area contributed by atoms with Gasteiger partial charge in [-0.2, -0.15) is 0 Å². The van der Waals surface area contributed by atoms with Gasteiger partial charge in [0.25, 0.3) is 0 Å². The van der Waals surface area contributed by atoms with Gasteiger partial charge >= 0.3 is 17.2 Å². The summed E-state index contributed by atoms with van der Waals surface area (Å²) in [6.45, 7) is 26.6. The molecule has 2 aromatic carbocycles. The average molecular weight is 607 g/mol. The molecular weight excluding hydrogens is 554 g/mol. The largest absolute Gasteiger partial charge is 0.328 e. The molecule has 4 N–H and O–H groups in total. The molecule has 6 nitrogen and oxygen atoms in total. The van der Waals surface area contributed by atoms with Gasteiger partial charge in [0, 0.05) is 0 Å². The van der Waals surface area contributed by atoms with Crippen LogP contribution in [0.4, 0.5) is 0 Å². The van der Waals surface area contributed by atoms with Crippen LogP contribution in [-0.4, -0.2) is 26.2 Å². The Labute approximate surface area is 250 Å². The van der Waals surface area contributed by atoms with Gasteiger partial charge in [-0.15, -0.1) is 0 Å². The monoisotopic (exact) mass is 606 g/mol. The van der Waals surface area contributed by atoms with Crippen LogP contribution >= 0.6 is 17.2 Å². The number of rotatable bonds is 7. The van der Waals surface area contributed by atoms with E-state index in [0.717, 1.165) is 33.4 Å². The lowest BCUT2D eigenvalue weighted by Gasteiger charge is -2.47. The molecule has 1 aliphatic carbocycles. The van der Waals surface area contributed by atoms with Crippen molar-refractivity contribution in [3.05, 3.63) is 68.8 Å². The molecule has 2 aromatic rings. The molecule has 0 heterocycles. The summed E-state index contributed by atoms with van der Waals surface area (Å²) in [6, 6.07) is 9.10. The van der Waals surface area contributed by atoms with Gasteiger partial charge in [0.15, 0.2) is 0 Å². The zero-order chi connectivity index (χ0) is 31.3. The van der Waals surface area contributed by atoms with Gasteiger partial charge in [-0.25, -0.2) is 0 Å². The molecule has 0 saturated heterocycles. The van der Waals surface area contributed by atoms with Crippen LogP contribution in [0.5, 0.6) is 0 Å². The Morgan fingerprint density at radius 2 is 1.05 bits per heavy atom. The van der Waals surface area contributed by atoms with Gasteiger partial charge in [-0.3, -0.25) is 4.52 Å². The Morgan fingerprint density at radius 1 is 0.634 bits per heavy atom. The molecule has 0 aliphatic heterocycles. The second kappa shape index (κ2) is 11.9. The smallest absolute Gasteiger partial charge is 0.328 e. The SMILES string of the molecule is CC(C)(C)c1cc2c(c(C(C)(C)C)c1)C(CCCOP(O)O)(OP(O)O)c1c(cc(C(C)(C)C)cc1C(C)(C)C)C2. The number of hydrogen-bond donors (Lipinski definition) is 4. The number of hydrogen-bond acceptors (Lipinski definition) is 6. The van der Waals surface area contributed by atoms with Crippen LogP contribution in [0.1, 0.15) is 140 Å². The van der Waals surface area contributed by atoms with Gasteiger partial charge in [0.2, 0.25) is 0 Å². The summed E-state index contributed by atoms with van der Waals surface area (Å²) < 4.78 is 11.6. The third-order valence-electron chi connectivity index (χ3n) is 8.09. The molecule has 0 saturated carbocycles. The molecule has 8 heteroatoms. The normalized spacial score (nSPS) is 15.9. The lowest BCUT2D eigenvalue weighted by atomic mass is 9.62. The van der Waals surface area contributed by atoms with E-state index in [1.807, 2.05) is 0 Å². The van der Waals surface area contributed by atoms with Crippen LogP contribution < -0.4 is 0 Å². The van der Waals surface area contributed by atoms with Crippen molar-refractivity contribution in [2.24, 2.45) is 0 Å². The fraction of sp³-hybridized carbons (Fsp3) is 0.636. The maximum absolute atomic E-state index is 10.6. The summed E-state index contributed by atoms with van der Waals surface area (Å²) in [5.41, 5.74) is 7.06. The van der Waals surface area contributed by atoms with E-state index in [4.69, 9.17) is 9.05 Å². The maximum atomic E-state index is 10.6.